The predicted octanol–water partition coefficient (Wildman–Crippen LogP) is 0.466. The molecule has 0 aromatic carbocycles. The van der Waals surface area contributed by atoms with E-state index in [0.29, 0.717) is 6.61 Å². The van der Waals surface area contributed by atoms with Gasteiger partial charge in [0.1, 0.15) is 0 Å². The van der Waals surface area contributed by atoms with E-state index in [4.69, 9.17) is 4.74 Å². The zero-order valence-electron chi connectivity index (χ0n) is 8.82. The van der Waals surface area contributed by atoms with Crippen molar-refractivity contribution in [1.82, 2.24) is 5.32 Å². The normalized spacial score (nSPS) is 13.1. The maximum absolute atomic E-state index is 10.9. The summed E-state index contributed by atoms with van der Waals surface area (Å²) in [5.74, 6) is -0.193. The maximum atomic E-state index is 10.9. The van der Waals surface area contributed by atoms with Gasteiger partial charge in [0.25, 0.3) is 0 Å². The van der Waals surface area contributed by atoms with Crippen LogP contribution in [0.2, 0.25) is 0 Å². The number of aliphatic hydroxyl groups is 1. The van der Waals surface area contributed by atoms with Crippen LogP contribution in [0, 0.1) is 0 Å². The van der Waals surface area contributed by atoms with Crippen LogP contribution in [0.25, 0.3) is 0 Å². The summed E-state index contributed by atoms with van der Waals surface area (Å²) in [6.07, 6.45) is 3.36. The summed E-state index contributed by atoms with van der Waals surface area (Å²) in [4.78, 5) is 10.9. The average molecular weight is 201 g/mol. The molecule has 0 radical (unpaired) electrons. The molecule has 1 amide bonds. The third-order valence-electron chi connectivity index (χ3n) is 1.49. The topological polar surface area (TPSA) is 58.6 Å². The number of rotatable bonds is 7. The molecular formula is C10H19NO3. The molecule has 1 unspecified atom stereocenters. The van der Waals surface area contributed by atoms with Gasteiger partial charge in [-0.2, -0.15) is 0 Å². The molecule has 0 aliphatic heterocycles. The minimum Gasteiger partial charge on any atom is -0.389 e. The Bertz CT molecular complexity index is 180. The van der Waals surface area contributed by atoms with E-state index in [0.717, 1.165) is 6.42 Å². The predicted molar refractivity (Wildman–Crippen MR) is 54.9 cm³/mol. The van der Waals surface area contributed by atoms with Gasteiger partial charge in [0.15, 0.2) is 0 Å². The highest BCUT2D eigenvalue weighted by molar-refractivity contribution is 5.87. The van der Waals surface area contributed by atoms with Gasteiger partial charge < -0.3 is 15.2 Å². The monoisotopic (exact) mass is 201 g/mol. The Kier molecular flexibility index (Phi) is 8.17. The standard InChI is InChI=1S/C10H19NO3/c1-3-5-10(13)11-7-9(12)8-14-6-4-2/h3,5,9,12H,4,6-8H2,1-2H3,(H,11,13). The van der Waals surface area contributed by atoms with Crippen LogP contribution in [0.1, 0.15) is 20.3 Å². The number of allylic oxidation sites excluding steroid dienone is 1. The van der Waals surface area contributed by atoms with Crippen molar-refractivity contribution in [1.29, 1.82) is 0 Å². The zero-order chi connectivity index (χ0) is 10.8. The fourth-order valence-electron chi connectivity index (χ4n) is 0.851. The van der Waals surface area contributed by atoms with Crippen molar-refractivity contribution in [2.75, 3.05) is 19.8 Å². The molecular weight excluding hydrogens is 182 g/mol. The van der Waals surface area contributed by atoms with Crippen LogP contribution in [0.3, 0.4) is 0 Å². The van der Waals surface area contributed by atoms with Crippen LogP contribution in [0.15, 0.2) is 12.2 Å². The van der Waals surface area contributed by atoms with E-state index < -0.39 is 6.10 Å². The quantitative estimate of drug-likeness (QED) is 0.465. The third kappa shape index (κ3) is 7.76. The second-order valence-electron chi connectivity index (χ2n) is 2.97. The Hall–Kier alpha value is -0.870. The lowest BCUT2D eigenvalue weighted by atomic mass is 10.3. The molecule has 0 bridgehead atoms. The van der Waals surface area contributed by atoms with Gasteiger partial charge in [0.2, 0.25) is 5.91 Å². The first kappa shape index (κ1) is 13.1. The molecule has 0 spiro atoms. The van der Waals surface area contributed by atoms with Crippen molar-refractivity contribution in [3.8, 4) is 0 Å². The number of carbonyl (C=O) groups excluding carboxylic acids is 1. The number of hydrogen-bond acceptors (Lipinski definition) is 3. The number of carbonyl (C=O) groups is 1. The highest BCUT2D eigenvalue weighted by Crippen LogP contribution is 1.86. The summed E-state index contributed by atoms with van der Waals surface area (Å²) in [5.41, 5.74) is 0. The molecule has 0 saturated carbocycles. The summed E-state index contributed by atoms with van der Waals surface area (Å²) in [5, 5.41) is 11.9. The second kappa shape index (κ2) is 8.72. The summed E-state index contributed by atoms with van der Waals surface area (Å²) in [7, 11) is 0. The van der Waals surface area contributed by atoms with Crippen molar-refractivity contribution in [3.05, 3.63) is 12.2 Å². The second-order valence-corrected chi connectivity index (χ2v) is 2.97. The minimum absolute atomic E-state index is 0.193. The molecule has 0 aromatic heterocycles. The van der Waals surface area contributed by atoms with Crippen molar-refractivity contribution in [2.24, 2.45) is 0 Å². The van der Waals surface area contributed by atoms with E-state index in [-0.39, 0.29) is 19.1 Å². The zero-order valence-corrected chi connectivity index (χ0v) is 8.82. The van der Waals surface area contributed by atoms with Gasteiger partial charge >= 0.3 is 0 Å². The molecule has 0 heterocycles. The molecule has 1 atom stereocenters. The summed E-state index contributed by atoms with van der Waals surface area (Å²) >= 11 is 0. The van der Waals surface area contributed by atoms with E-state index in [9.17, 15) is 9.90 Å². The molecule has 0 aliphatic carbocycles. The smallest absolute Gasteiger partial charge is 0.243 e. The molecule has 82 valence electrons. The number of ether oxygens (including phenoxy) is 1. The largest absolute Gasteiger partial charge is 0.389 e. The van der Waals surface area contributed by atoms with Crippen LogP contribution in [0.5, 0.6) is 0 Å². The molecule has 0 aromatic rings. The highest BCUT2D eigenvalue weighted by Gasteiger charge is 2.04. The first-order valence-corrected chi connectivity index (χ1v) is 4.87. The van der Waals surface area contributed by atoms with E-state index in [1.54, 1.807) is 13.0 Å². The Morgan fingerprint density at radius 1 is 1.64 bits per heavy atom. The van der Waals surface area contributed by atoms with Crippen LogP contribution in [0.4, 0.5) is 0 Å². The summed E-state index contributed by atoms with van der Waals surface area (Å²) < 4.78 is 5.12. The van der Waals surface area contributed by atoms with Crippen LogP contribution in [-0.2, 0) is 9.53 Å². The molecule has 0 rings (SSSR count). The Morgan fingerprint density at radius 3 is 2.93 bits per heavy atom. The Morgan fingerprint density at radius 2 is 2.36 bits per heavy atom. The van der Waals surface area contributed by atoms with Crippen molar-refractivity contribution < 1.29 is 14.6 Å². The van der Waals surface area contributed by atoms with E-state index in [1.165, 1.54) is 6.08 Å². The van der Waals surface area contributed by atoms with Crippen LogP contribution in [-0.4, -0.2) is 36.9 Å². The number of amides is 1. The Balaban J connectivity index is 3.43. The van der Waals surface area contributed by atoms with Gasteiger partial charge in [-0.25, -0.2) is 0 Å². The molecule has 0 saturated heterocycles. The molecule has 4 heteroatoms. The van der Waals surface area contributed by atoms with Gasteiger partial charge in [-0.1, -0.05) is 13.0 Å². The number of hydrogen-bond donors (Lipinski definition) is 2. The fourth-order valence-corrected chi connectivity index (χ4v) is 0.851. The molecule has 2 N–H and O–H groups in total. The molecule has 0 aliphatic rings. The lowest BCUT2D eigenvalue weighted by molar-refractivity contribution is -0.117. The van der Waals surface area contributed by atoms with E-state index >= 15 is 0 Å². The van der Waals surface area contributed by atoms with Gasteiger partial charge in [-0.15, -0.1) is 0 Å². The van der Waals surface area contributed by atoms with Gasteiger partial charge in [-0.05, 0) is 19.4 Å². The lowest BCUT2D eigenvalue weighted by Gasteiger charge is -2.10. The molecule has 0 fully saturated rings. The number of nitrogens with one attached hydrogen (secondary N) is 1. The first-order valence-electron chi connectivity index (χ1n) is 4.87. The average Bonchev–Trinajstić information content (AvgIpc) is 2.16. The van der Waals surface area contributed by atoms with Crippen LogP contribution >= 0.6 is 0 Å². The van der Waals surface area contributed by atoms with Gasteiger partial charge in [0.05, 0.1) is 12.7 Å². The first-order chi connectivity index (χ1) is 6.70. The molecule has 14 heavy (non-hydrogen) atoms. The van der Waals surface area contributed by atoms with E-state index in [1.807, 2.05) is 6.92 Å². The maximum Gasteiger partial charge on any atom is 0.243 e. The molecule has 4 nitrogen and oxygen atoms in total. The lowest BCUT2D eigenvalue weighted by Crippen LogP contribution is -2.33. The summed E-state index contributed by atoms with van der Waals surface area (Å²) in [6, 6.07) is 0. The van der Waals surface area contributed by atoms with Gasteiger partial charge in [0, 0.05) is 13.2 Å². The third-order valence-corrected chi connectivity index (χ3v) is 1.49. The van der Waals surface area contributed by atoms with E-state index in [2.05, 4.69) is 5.32 Å². The van der Waals surface area contributed by atoms with Crippen molar-refractivity contribution in [3.63, 3.8) is 0 Å². The van der Waals surface area contributed by atoms with Crippen LogP contribution < -0.4 is 5.32 Å². The summed E-state index contributed by atoms with van der Waals surface area (Å²) in [6.45, 7) is 4.90. The van der Waals surface area contributed by atoms with Gasteiger partial charge in [-0.3, -0.25) is 4.79 Å². The Labute approximate surface area is 85.0 Å². The van der Waals surface area contributed by atoms with Crippen molar-refractivity contribution in [2.45, 2.75) is 26.4 Å². The van der Waals surface area contributed by atoms with Crippen molar-refractivity contribution >= 4 is 5.91 Å². The fraction of sp³-hybridized carbons (Fsp3) is 0.700. The number of aliphatic hydroxyl groups excluding tert-OH is 1. The minimum atomic E-state index is -0.629. The highest BCUT2D eigenvalue weighted by atomic mass is 16.5. The SMILES string of the molecule is CC=CC(=O)NCC(O)COCCC.